The Morgan fingerprint density at radius 2 is 2.06 bits per heavy atom. The molecule has 0 aliphatic carbocycles. The van der Waals surface area contributed by atoms with Crippen LogP contribution in [0, 0.1) is 12.8 Å². The van der Waals surface area contributed by atoms with Gasteiger partial charge in [-0.25, -0.2) is 0 Å². The van der Waals surface area contributed by atoms with Gasteiger partial charge in [0.15, 0.2) is 11.6 Å². The van der Waals surface area contributed by atoms with Crippen LogP contribution in [0.2, 0.25) is 0 Å². The first kappa shape index (κ1) is 23.8. The van der Waals surface area contributed by atoms with E-state index in [1.54, 1.807) is 18.2 Å². The van der Waals surface area contributed by atoms with Crippen molar-refractivity contribution in [3.63, 3.8) is 0 Å². The molecule has 0 saturated carbocycles. The number of likely N-dealkylation sites (tertiary alicyclic amines) is 1. The van der Waals surface area contributed by atoms with Crippen LogP contribution in [0.15, 0.2) is 54.9 Å². The third kappa shape index (κ3) is 6.59. The molecule has 2 heterocycles. The standard InChI is InChI=1S/C25H32N4O3S/c1-17-3-5-19(6-4-17)13-20-9-11-29(12-10-20)16-22(15-26)32-28-33-25(30)21-7-8-23-24(14-21)31-18(2)27-23/h3-8,14,20,22,27-28H,2,9-13,15-16,26H2,1H3. The Balaban J connectivity index is 1.17. The van der Waals surface area contributed by atoms with Gasteiger partial charge in [0.05, 0.1) is 5.69 Å². The molecule has 0 radical (unpaired) electrons. The van der Waals surface area contributed by atoms with Crippen LogP contribution in [-0.2, 0) is 11.3 Å². The summed E-state index contributed by atoms with van der Waals surface area (Å²) in [4.78, 5) is 23.3. The minimum absolute atomic E-state index is 0.161. The quantitative estimate of drug-likeness (QED) is 0.378. The Morgan fingerprint density at radius 3 is 2.79 bits per heavy atom. The minimum atomic E-state index is -0.185. The van der Waals surface area contributed by atoms with E-state index in [-0.39, 0.29) is 11.2 Å². The third-order valence-corrected chi connectivity index (χ3v) is 6.75. The molecule has 33 heavy (non-hydrogen) atoms. The number of fused-ring (bicyclic) bond motifs is 1. The first-order valence-electron chi connectivity index (χ1n) is 11.4. The van der Waals surface area contributed by atoms with Crippen LogP contribution in [-0.4, -0.2) is 42.3 Å². The molecule has 0 aromatic heterocycles. The van der Waals surface area contributed by atoms with E-state index in [0.29, 0.717) is 23.7 Å². The van der Waals surface area contributed by atoms with Crippen molar-refractivity contribution in [3.8, 4) is 5.75 Å². The number of nitrogens with zero attached hydrogens (tertiary/aromatic N) is 1. The van der Waals surface area contributed by atoms with Gasteiger partial charge in [0.2, 0.25) is 5.12 Å². The van der Waals surface area contributed by atoms with Crippen molar-refractivity contribution in [3.05, 3.63) is 71.6 Å². The minimum Gasteiger partial charge on any atom is -0.439 e. The zero-order valence-corrected chi connectivity index (χ0v) is 19.8. The number of carbonyl (C=O) groups is 1. The van der Waals surface area contributed by atoms with E-state index < -0.39 is 0 Å². The van der Waals surface area contributed by atoms with Gasteiger partial charge < -0.3 is 20.7 Å². The van der Waals surface area contributed by atoms with Crippen molar-refractivity contribution in [2.75, 3.05) is 31.5 Å². The topological polar surface area (TPSA) is 88.8 Å². The second kappa shape index (κ2) is 11.2. The molecule has 1 saturated heterocycles. The lowest BCUT2D eigenvalue weighted by Crippen LogP contribution is -2.43. The van der Waals surface area contributed by atoms with Gasteiger partial charge in [-0.15, -0.1) is 4.89 Å². The number of nitrogens with one attached hydrogen (secondary N) is 2. The van der Waals surface area contributed by atoms with Crippen LogP contribution in [0.25, 0.3) is 0 Å². The predicted molar refractivity (Wildman–Crippen MR) is 133 cm³/mol. The summed E-state index contributed by atoms with van der Waals surface area (Å²) in [5, 5.41) is 2.83. The molecule has 0 spiro atoms. The normalized spacial score (nSPS) is 17.3. The second-order valence-corrected chi connectivity index (χ2v) is 9.48. The van der Waals surface area contributed by atoms with E-state index in [4.69, 9.17) is 15.3 Å². The SMILES string of the molecule is C=C1Nc2ccc(C(=O)SNOC(CN)CN3CCC(Cc4ccc(C)cc4)CC3)cc2O1. The highest BCUT2D eigenvalue weighted by atomic mass is 32.2. The van der Waals surface area contributed by atoms with Crippen LogP contribution >= 0.6 is 11.9 Å². The van der Waals surface area contributed by atoms with Gasteiger partial charge in [0.1, 0.15) is 6.10 Å². The number of hydrogen-bond donors (Lipinski definition) is 3. The van der Waals surface area contributed by atoms with E-state index in [2.05, 4.69) is 52.9 Å². The molecule has 0 amide bonds. The van der Waals surface area contributed by atoms with Crippen LogP contribution in [0.3, 0.4) is 0 Å². The molecule has 176 valence electrons. The first-order valence-corrected chi connectivity index (χ1v) is 12.2. The molecule has 2 aliphatic rings. The summed E-state index contributed by atoms with van der Waals surface area (Å²) in [6.07, 6.45) is 3.30. The Hall–Kier alpha value is -2.36. The number of rotatable bonds is 9. The maximum absolute atomic E-state index is 12.5. The van der Waals surface area contributed by atoms with Gasteiger partial charge in [0.25, 0.3) is 0 Å². The van der Waals surface area contributed by atoms with Crippen LogP contribution in [0.1, 0.15) is 34.3 Å². The summed E-state index contributed by atoms with van der Waals surface area (Å²) < 4.78 is 5.45. The number of anilines is 1. The fraction of sp³-hybridized carbons (Fsp3) is 0.400. The maximum Gasteiger partial charge on any atom is 0.236 e. The third-order valence-electron chi connectivity index (χ3n) is 6.15. The zero-order chi connectivity index (χ0) is 23.2. The van der Waals surface area contributed by atoms with Gasteiger partial charge in [-0.2, -0.15) is 0 Å². The van der Waals surface area contributed by atoms with E-state index in [0.717, 1.165) is 49.6 Å². The molecule has 2 aliphatic heterocycles. The Labute approximate surface area is 199 Å². The van der Waals surface area contributed by atoms with E-state index >= 15 is 0 Å². The lowest BCUT2D eigenvalue weighted by molar-refractivity contribution is -0.000249. The zero-order valence-electron chi connectivity index (χ0n) is 19.0. The summed E-state index contributed by atoms with van der Waals surface area (Å²) in [7, 11) is 0. The second-order valence-electron chi connectivity index (χ2n) is 8.74. The number of piperidine rings is 1. The highest BCUT2D eigenvalue weighted by Crippen LogP contribution is 2.34. The number of hydrogen-bond acceptors (Lipinski definition) is 8. The van der Waals surface area contributed by atoms with Crippen LogP contribution in [0.5, 0.6) is 5.75 Å². The monoisotopic (exact) mass is 468 g/mol. The number of benzene rings is 2. The molecule has 2 aromatic carbocycles. The lowest BCUT2D eigenvalue weighted by atomic mass is 9.90. The summed E-state index contributed by atoms with van der Waals surface area (Å²) in [6.45, 7) is 9.05. The molecule has 1 unspecified atom stereocenters. The fourth-order valence-electron chi connectivity index (χ4n) is 4.21. The van der Waals surface area contributed by atoms with Gasteiger partial charge in [-0.05, 0) is 75.5 Å². The molecule has 7 nitrogen and oxygen atoms in total. The number of ether oxygens (including phenoxy) is 1. The number of aryl methyl sites for hydroxylation is 1. The maximum atomic E-state index is 12.5. The van der Waals surface area contributed by atoms with Crippen molar-refractivity contribution >= 4 is 22.8 Å². The fourth-order valence-corrected chi connectivity index (χ4v) is 4.72. The van der Waals surface area contributed by atoms with E-state index in [1.807, 2.05) is 0 Å². The summed E-state index contributed by atoms with van der Waals surface area (Å²) in [5.74, 6) is 1.77. The average Bonchev–Trinajstić information content (AvgIpc) is 3.20. The van der Waals surface area contributed by atoms with Gasteiger partial charge in [0, 0.05) is 30.6 Å². The smallest absolute Gasteiger partial charge is 0.236 e. The van der Waals surface area contributed by atoms with Gasteiger partial charge in [-0.3, -0.25) is 9.63 Å². The first-order chi connectivity index (χ1) is 16.0. The highest BCUT2D eigenvalue weighted by molar-refractivity contribution is 8.12. The Morgan fingerprint density at radius 1 is 1.30 bits per heavy atom. The molecule has 1 atom stereocenters. The van der Waals surface area contributed by atoms with E-state index in [9.17, 15) is 4.79 Å². The summed E-state index contributed by atoms with van der Waals surface area (Å²) in [6, 6.07) is 14.1. The lowest BCUT2D eigenvalue weighted by Gasteiger charge is -2.33. The van der Waals surface area contributed by atoms with Crippen molar-refractivity contribution in [2.24, 2.45) is 11.7 Å². The van der Waals surface area contributed by atoms with Crippen molar-refractivity contribution in [2.45, 2.75) is 32.3 Å². The predicted octanol–water partition coefficient (Wildman–Crippen LogP) is 3.86. The van der Waals surface area contributed by atoms with Gasteiger partial charge in [-0.1, -0.05) is 29.8 Å². The molecular weight excluding hydrogens is 436 g/mol. The molecule has 0 bridgehead atoms. The molecule has 8 heteroatoms. The molecule has 1 fully saturated rings. The largest absolute Gasteiger partial charge is 0.439 e. The van der Waals surface area contributed by atoms with Crippen LogP contribution in [0.4, 0.5) is 5.69 Å². The molecular formula is C25H32N4O3S. The highest BCUT2D eigenvalue weighted by Gasteiger charge is 2.23. The Bertz CT molecular complexity index is 974. The molecule has 4 N–H and O–H groups in total. The van der Waals surface area contributed by atoms with E-state index in [1.165, 1.54) is 24.0 Å². The van der Waals surface area contributed by atoms with Crippen LogP contribution < -0.4 is 20.7 Å². The number of nitrogens with two attached hydrogens (primary N) is 1. The average molecular weight is 469 g/mol. The van der Waals surface area contributed by atoms with Crippen molar-refractivity contribution in [1.29, 1.82) is 0 Å². The molecule has 2 aromatic rings. The summed E-state index contributed by atoms with van der Waals surface area (Å²) >= 11 is 0.900. The Kier molecular flexibility index (Phi) is 8.06. The summed E-state index contributed by atoms with van der Waals surface area (Å²) in [5.41, 5.74) is 9.96. The molecule has 4 rings (SSSR count). The van der Waals surface area contributed by atoms with Crippen molar-refractivity contribution < 1.29 is 14.4 Å². The van der Waals surface area contributed by atoms with Crippen molar-refractivity contribution in [1.82, 2.24) is 9.79 Å². The number of carbonyl (C=O) groups excluding carboxylic acids is 1. The van der Waals surface area contributed by atoms with Gasteiger partial charge >= 0.3 is 0 Å².